The number of rotatable bonds is 17. The van der Waals surface area contributed by atoms with E-state index in [9.17, 15) is 9.59 Å². The van der Waals surface area contributed by atoms with Crippen LogP contribution in [0, 0.1) is 5.41 Å². The van der Waals surface area contributed by atoms with Crippen LogP contribution in [-0.4, -0.2) is 116 Å². The van der Waals surface area contributed by atoms with Gasteiger partial charge in [0, 0.05) is 67.9 Å². The number of likely N-dealkylation sites (N-methyl/N-ethyl adjacent to an activating group) is 1. The summed E-state index contributed by atoms with van der Waals surface area (Å²) >= 11 is 0. The van der Waals surface area contributed by atoms with Gasteiger partial charge in [-0.2, -0.15) is 0 Å². The van der Waals surface area contributed by atoms with Crippen molar-refractivity contribution < 1.29 is 23.8 Å². The number of H-pyrrole nitrogens is 2. The Balaban J connectivity index is 0.889. The van der Waals surface area contributed by atoms with Crippen molar-refractivity contribution in [3.8, 4) is 28.5 Å². The predicted octanol–water partition coefficient (Wildman–Crippen LogP) is 5.00. The Morgan fingerprint density at radius 2 is 1.34 bits per heavy atom. The summed E-state index contributed by atoms with van der Waals surface area (Å²) < 4.78 is 16.8. The number of ether oxygens (including phenoxy) is 3. The van der Waals surface area contributed by atoms with E-state index in [2.05, 4.69) is 67.8 Å². The summed E-state index contributed by atoms with van der Waals surface area (Å²) in [5, 5.41) is 5.70. The molecule has 1 fully saturated rings. The molecule has 0 spiro atoms. The molecule has 2 aromatic heterocycles. The highest BCUT2D eigenvalue weighted by molar-refractivity contribution is 5.87. The maximum Gasteiger partial charge on any atom is 0.225 e. The van der Waals surface area contributed by atoms with Crippen LogP contribution in [0.3, 0.4) is 0 Å². The fourth-order valence-corrected chi connectivity index (χ4v) is 6.00. The third-order valence-electron chi connectivity index (χ3n) is 9.19. The monoisotopic (exact) mass is 724 g/mol. The summed E-state index contributed by atoms with van der Waals surface area (Å²) in [6.45, 7) is 12.8. The molecular weight excluding hydrogens is 672 g/mol. The van der Waals surface area contributed by atoms with E-state index in [-0.39, 0.29) is 11.8 Å². The molecule has 1 aliphatic rings. The highest BCUT2D eigenvalue weighted by atomic mass is 16.5. The van der Waals surface area contributed by atoms with Crippen LogP contribution in [0.5, 0.6) is 5.75 Å². The molecule has 0 radical (unpaired) electrons. The van der Waals surface area contributed by atoms with Crippen molar-refractivity contribution in [1.29, 1.82) is 0 Å². The molecule has 0 aliphatic carbocycles. The molecule has 282 valence electrons. The first-order chi connectivity index (χ1) is 25.6. The molecule has 0 bridgehead atoms. The van der Waals surface area contributed by atoms with Crippen LogP contribution < -0.4 is 20.3 Å². The SMILES string of the molecule is CN1CCN(c2ccc3nc(-c4ccc5nc(-c6ccc(OCCCC(=O)NCCOCCOCCNC(=O)C(C)(C)C)cc6)[nH]c5c4)[nH]c3c2)CC1. The second-order valence-corrected chi connectivity index (χ2v) is 14.5. The summed E-state index contributed by atoms with van der Waals surface area (Å²) in [5.74, 6) is 2.30. The number of carbonyl (C=O) groups excluding carboxylic acids is 2. The average Bonchev–Trinajstić information content (AvgIpc) is 3.78. The Kier molecular flexibility index (Phi) is 12.6. The van der Waals surface area contributed by atoms with E-state index >= 15 is 0 Å². The van der Waals surface area contributed by atoms with Gasteiger partial charge < -0.3 is 44.6 Å². The topological polar surface area (TPSA) is 150 Å². The number of aromatic nitrogens is 4. The smallest absolute Gasteiger partial charge is 0.225 e. The van der Waals surface area contributed by atoms with Crippen molar-refractivity contribution in [2.24, 2.45) is 5.41 Å². The van der Waals surface area contributed by atoms with Crippen molar-refractivity contribution in [2.75, 3.05) is 84.3 Å². The van der Waals surface area contributed by atoms with Crippen molar-refractivity contribution in [3.63, 3.8) is 0 Å². The van der Waals surface area contributed by atoms with Crippen LogP contribution in [0.25, 0.3) is 44.8 Å². The van der Waals surface area contributed by atoms with Gasteiger partial charge in [0.25, 0.3) is 0 Å². The number of aromatic amines is 2. The molecule has 6 rings (SSSR count). The lowest BCUT2D eigenvalue weighted by Gasteiger charge is -2.34. The molecule has 2 amide bonds. The fraction of sp³-hybridized carbons (Fsp3) is 0.450. The molecular formula is C40H52N8O5. The molecule has 13 nitrogen and oxygen atoms in total. The fourth-order valence-electron chi connectivity index (χ4n) is 6.00. The summed E-state index contributed by atoms with van der Waals surface area (Å²) in [4.78, 5) is 45.5. The molecule has 0 saturated carbocycles. The van der Waals surface area contributed by atoms with Crippen LogP contribution in [0.2, 0.25) is 0 Å². The van der Waals surface area contributed by atoms with Crippen LogP contribution in [0.15, 0.2) is 60.7 Å². The van der Waals surface area contributed by atoms with E-state index < -0.39 is 5.41 Å². The number of piperazine rings is 1. The van der Waals surface area contributed by atoms with Crippen molar-refractivity contribution in [3.05, 3.63) is 60.7 Å². The minimum absolute atomic E-state index is 0.000745. The zero-order valence-electron chi connectivity index (χ0n) is 31.3. The van der Waals surface area contributed by atoms with Crippen LogP contribution in [0.1, 0.15) is 33.6 Å². The Bertz CT molecular complexity index is 1960. The van der Waals surface area contributed by atoms with Gasteiger partial charge in [0.05, 0.1) is 55.1 Å². The largest absolute Gasteiger partial charge is 0.494 e. The van der Waals surface area contributed by atoms with E-state index in [1.54, 1.807) is 0 Å². The Labute approximate surface area is 310 Å². The zero-order chi connectivity index (χ0) is 37.2. The van der Waals surface area contributed by atoms with Gasteiger partial charge in [-0.15, -0.1) is 0 Å². The van der Waals surface area contributed by atoms with Gasteiger partial charge in [-0.25, -0.2) is 9.97 Å². The van der Waals surface area contributed by atoms with Crippen LogP contribution in [-0.2, 0) is 19.1 Å². The quantitative estimate of drug-likeness (QED) is 0.0973. The molecule has 5 aromatic rings. The van der Waals surface area contributed by atoms with E-state index in [1.165, 1.54) is 5.69 Å². The van der Waals surface area contributed by atoms with E-state index in [4.69, 9.17) is 24.2 Å². The van der Waals surface area contributed by atoms with Crippen molar-refractivity contribution in [1.82, 2.24) is 35.5 Å². The van der Waals surface area contributed by atoms with Gasteiger partial charge in [0.2, 0.25) is 11.8 Å². The molecule has 4 N–H and O–H groups in total. The maximum atomic E-state index is 12.2. The van der Waals surface area contributed by atoms with Crippen molar-refractivity contribution in [2.45, 2.75) is 33.6 Å². The number of benzene rings is 3. The second-order valence-electron chi connectivity index (χ2n) is 14.5. The van der Waals surface area contributed by atoms with Crippen LogP contribution in [0.4, 0.5) is 5.69 Å². The first kappa shape index (κ1) is 37.8. The number of nitrogens with zero attached hydrogens (tertiary/aromatic N) is 4. The third-order valence-corrected chi connectivity index (χ3v) is 9.19. The first-order valence-electron chi connectivity index (χ1n) is 18.5. The van der Waals surface area contributed by atoms with Gasteiger partial charge in [-0.05, 0) is 74.1 Å². The van der Waals surface area contributed by atoms with Gasteiger partial charge in [0.15, 0.2) is 0 Å². The lowest BCUT2D eigenvalue weighted by Crippen LogP contribution is -2.44. The minimum atomic E-state index is -0.409. The molecule has 13 heteroatoms. The van der Waals surface area contributed by atoms with E-state index in [0.717, 1.165) is 76.8 Å². The third kappa shape index (κ3) is 10.6. The first-order valence-corrected chi connectivity index (χ1v) is 18.5. The summed E-state index contributed by atoms with van der Waals surface area (Å²) in [6.07, 6.45) is 0.969. The number of amides is 2. The molecule has 53 heavy (non-hydrogen) atoms. The van der Waals surface area contributed by atoms with Gasteiger partial charge in [-0.1, -0.05) is 20.8 Å². The molecule has 3 heterocycles. The summed E-state index contributed by atoms with van der Waals surface area (Å²) in [6, 6.07) is 20.4. The average molecular weight is 725 g/mol. The lowest BCUT2D eigenvalue weighted by atomic mass is 9.96. The highest BCUT2D eigenvalue weighted by Gasteiger charge is 2.20. The second kappa shape index (κ2) is 17.7. The number of hydrogen-bond acceptors (Lipinski definition) is 9. The molecule has 0 atom stereocenters. The lowest BCUT2D eigenvalue weighted by molar-refractivity contribution is -0.128. The van der Waals surface area contributed by atoms with Gasteiger partial charge in [-0.3, -0.25) is 9.59 Å². The number of nitrogens with one attached hydrogen (secondary N) is 4. The van der Waals surface area contributed by atoms with Crippen LogP contribution >= 0.6 is 0 Å². The van der Waals surface area contributed by atoms with Gasteiger partial charge in [0.1, 0.15) is 17.4 Å². The maximum absolute atomic E-state index is 12.2. The number of carbonyl (C=O) groups is 2. The Morgan fingerprint density at radius 3 is 2.02 bits per heavy atom. The summed E-state index contributed by atoms with van der Waals surface area (Å²) in [7, 11) is 2.17. The number of imidazole rings is 2. The standard InChI is InChI=1S/C40H52N8O5/c1-40(2,3)39(50)42-16-23-52-25-24-51-22-15-41-36(49)6-5-21-53-31-11-7-28(8-12-31)37-43-32-13-9-29(26-34(32)45-37)38-44-33-14-10-30(27-35(33)46-38)48-19-17-47(4)18-20-48/h7-14,26-27H,5-6,15-25H2,1-4H3,(H,41,49)(H,42,50)(H,43,45)(H,44,46). The minimum Gasteiger partial charge on any atom is -0.494 e. The highest BCUT2D eigenvalue weighted by Crippen LogP contribution is 2.29. The van der Waals surface area contributed by atoms with Gasteiger partial charge >= 0.3 is 0 Å². The number of fused-ring (bicyclic) bond motifs is 2. The molecule has 1 saturated heterocycles. The molecule has 3 aromatic carbocycles. The number of hydrogen-bond donors (Lipinski definition) is 4. The normalized spacial score (nSPS) is 13.8. The predicted molar refractivity (Wildman–Crippen MR) is 208 cm³/mol. The Morgan fingerprint density at radius 1 is 0.736 bits per heavy atom. The molecule has 1 aliphatic heterocycles. The van der Waals surface area contributed by atoms with Crippen molar-refractivity contribution >= 4 is 39.6 Å². The summed E-state index contributed by atoms with van der Waals surface area (Å²) in [5.41, 5.74) is 6.56. The van der Waals surface area contributed by atoms with E-state index in [1.807, 2.05) is 51.1 Å². The zero-order valence-corrected chi connectivity index (χ0v) is 31.3. The number of anilines is 1. The molecule has 0 unspecified atom stereocenters. The van der Waals surface area contributed by atoms with E-state index in [0.29, 0.717) is 59.0 Å². The Hall–Kier alpha value is -4.98.